The fourth-order valence-electron chi connectivity index (χ4n) is 2.01. The SMILES string of the molecule is CCN(CC)CCc1ccc(NC(C)(C)C)cc1. The van der Waals surface area contributed by atoms with Crippen LogP contribution in [0.25, 0.3) is 0 Å². The van der Waals surface area contributed by atoms with Crippen molar-refractivity contribution in [3.05, 3.63) is 29.8 Å². The summed E-state index contributed by atoms with van der Waals surface area (Å²) in [5, 5.41) is 3.49. The lowest BCUT2D eigenvalue weighted by Crippen LogP contribution is -2.26. The Kier molecular flexibility index (Phi) is 5.67. The maximum Gasteiger partial charge on any atom is 0.0344 e. The van der Waals surface area contributed by atoms with Crippen LogP contribution in [0.2, 0.25) is 0 Å². The van der Waals surface area contributed by atoms with Crippen LogP contribution in [-0.4, -0.2) is 30.1 Å². The van der Waals surface area contributed by atoms with Crippen molar-refractivity contribution in [2.45, 2.75) is 46.6 Å². The molecule has 0 aliphatic rings. The molecule has 0 atom stereocenters. The molecule has 0 radical (unpaired) electrons. The van der Waals surface area contributed by atoms with Crippen molar-refractivity contribution in [1.82, 2.24) is 4.90 Å². The van der Waals surface area contributed by atoms with Crippen molar-refractivity contribution in [3.8, 4) is 0 Å². The zero-order chi connectivity index (χ0) is 13.6. The van der Waals surface area contributed by atoms with E-state index in [0.717, 1.165) is 26.1 Å². The second kappa shape index (κ2) is 6.79. The molecule has 1 N–H and O–H groups in total. The van der Waals surface area contributed by atoms with Crippen LogP contribution in [0.1, 0.15) is 40.2 Å². The maximum absolute atomic E-state index is 3.49. The Hall–Kier alpha value is -1.02. The molecule has 0 bridgehead atoms. The lowest BCUT2D eigenvalue weighted by atomic mass is 10.1. The van der Waals surface area contributed by atoms with Gasteiger partial charge in [-0.1, -0.05) is 26.0 Å². The van der Waals surface area contributed by atoms with Crippen LogP contribution in [0.3, 0.4) is 0 Å². The zero-order valence-corrected chi connectivity index (χ0v) is 12.6. The number of likely N-dealkylation sites (N-methyl/N-ethyl adjacent to an activating group) is 1. The number of hydrogen-bond donors (Lipinski definition) is 1. The van der Waals surface area contributed by atoms with Crippen molar-refractivity contribution in [2.75, 3.05) is 25.0 Å². The average molecular weight is 248 g/mol. The quantitative estimate of drug-likeness (QED) is 0.824. The van der Waals surface area contributed by atoms with E-state index in [1.165, 1.54) is 11.3 Å². The fraction of sp³-hybridized carbons (Fsp3) is 0.625. The van der Waals surface area contributed by atoms with E-state index in [0.29, 0.717) is 0 Å². The molecule has 0 heterocycles. The van der Waals surface area contributed by atoms with Crippen molar-refractivity contribution in [3.63, 3.8) is 0 Å². The van der Waals surface area contributed by atoms with Gasteiger partial charge in [-0.3, -0.25) is 0 Å². The summed E-state index contributed by atoms with van der Waals surface area (Å²) in [6.45, 7) is 14.4. The van der Waals surface area contributed by atoms with E-state index in [9.17, 15) is 0 Å². The molecule has 1 rings (SSSR count). The highest BCUT2D eigenvalue weighted by Crippen LogP contribution is 2.15. The van der Waals surface area contributed by atoms with Gasteiger partial charge in [0.05, 0.1) is 0 Å². The zero-order valence-electron chi connectivity index (χ0n) is 12.6. The number of nitrogens with zero attached hydrogens (tertiary/aromatic N) is 1. The predicted octanol–water partition coefficient (Wildman–Crippen LogP) is 3.78. The number of anilines is 1. The molecule has 0 fully saturated rings. The summed E-state index contributed by atoms with van der Waals surface area (Å²) in [6.07, 6.45) is 1.14. The van der Waals surface area contributed by atoms with Crippen LogP contribution in [-0.2, 0) is 6.42 Å². The minimum atomic E-state index is 0.128. The lowest BCUT2D eigenvalue weighted by Gasteiger charge is -2.22. The number of benzene rings is 1. The van der Waals surface area contributed by atoms with E-state index in [2.05, 4.69) is 69.1 Å². The van der Waals surface area contributed by atoms with E-state index < -0.39 is 0 Å². The van der Waals surface area contributed by atoms with Gasteiger partial charge in [-0.05, 0) is 58.0 Å². The summed E-state index contributed by atoms with van der Waals surface area (Å²) in [5.41, 5.74) is 2.75. The van der Waals surface area contributed by atoms with Gasteiger partial charge in [-0.15, -0.1) is 0 Å². The van der Waals surface area contributed by atoms with Gasteiger partial charge < -0.3 is 10.2 Å². The van der Waals surface area contributed by atoms with Crippen molar-refractivity contribution in [2.24, 2.45) is 0 Å². The third-order valence-electron chi connectivity index (χ3n) is 3.08. The molecule has 0 amide bonds. The Balaban J connectivity index is 2.50. The molecule has 0 aliphatic heterocycles. The molecule has 2 heteroatoms. The Morgan fingerprint density at radius 2 is 1.56 bits per heavy atom. The van der Waals surface area contributed by atoms with Gasteiger partial charge in [0.1, 0.15) is 0 Å². The molecule has 0 aliphatic carbocycles. The highest BCUT2D eigenvalue weighted by atomic mass is 15.1. The molecule has 2 nitrogen and oxygen atoms in total. The van der Waals surface area contributed by atoms with Crippen molar-refractivity contribution in [1.29, 1.82) is 0 Å². The first kappa shape index (κ1) is 15.0. The third-order valence-corrected chi connectivity index (χ3v) is 3.08. The summed E-state index contributed by atoms with van der Waals surface area (Å²) in [5.74, 6) is 0. The topological polar surface area (TPSA) is 15.3 Å². The molecule has 0 saturated carbocycles. The molecule has 0 saturated heterocycles. The summed E-state index contributed by atoms with van der Waals surface area (Å²) in [6, 6.07) is 8.83. The molecule has 0 aromatic heterocycles. The Morgan fingerprint density at radius 1 is 1.00 bits per heavy atom. The summed E-state index contributed by atoms with van der Waals surface area (Å²) in [4.78, 5) is 2.46. The Labute approximate surface area is 112 Å². The molecular formula is C16H28N2. The summed E-state index contributed by atoms with van der Waals surface area (Å²) < 4.78 is 0. The fourth-order valence-corrected chi connectivity index (χ4v) is 2.01. The van der Waals surface area contributed by atoms with Crippen molar-refractivity contribution < 1.29 is 0 Å². The molecular weight excluding hydrogens is 220 g/mol. The standard InChI is InChI=1S/C16H28N2/c1-6-18(7-2)13-12-14-8-10-15(11-9-14)17-16(3,4)5/h8-11,17H,6-7,12-13H2,1-5H3. The summed E-state index contributed by atoms with van der Waals surface area (Å²) in [7, 11) is 0. The second-order valence-corrected chi connectivity index (χ2v) is 5.85. The molecule has 1 aromatic rings. The first-order valence-corrected chi connectivity index (χ1v) is 7.04. The molecule has 1 aromatic carbocycles. The number of hydrogen-bond acceptors (Lipinski definition) is 2. The van der Waals surface area contributed by atoms with Crippen LogP contribution < -0.4 is 5.32 Å². The Morgan fingerprint density at radius 3 is 2.00 bits per heavy atom. The number of nitrogens with one attached hydrogen (secondary N) is 1. The lowest BCUT2D eigenvalue weighted by molar-refractivity contribution is 0.308. The van der Waals surface area contributed by atoms with E-state index in [1.807, 2.05) is 0 Å². The van der Waals surface area contributed by atoms with Gasteiger partial charge in [-0.25, -0.2) is 0 Å². The minimum Gasteiger partial charge on any atom is -0.380 e. The number of rotatable bonds is 6. The van der Waals surface area contributed by atoms with E-state index >= 15 is 0 Å². The van der Waals surface area contributed by atoms with E-state index in [1.54, 1.807) is 0 Å². The highest BCUT2D eigenvalue weighted by Gasteiger charge is 2.08. The second-order valence-electron chi connectivity index (χ2n) is 5.85. The van der Waals surface area contributed by atoms with Crippen molar-refractivity contribution >= 4 is 5.69 Å². The normalized spacial score (nSPS) is 11.9. The van der Waals surface area contributed by atoms with Crippen LogP contribution in [0.15, 0.2) is 24.3 Å². The first-order valence-electron chi connectivity index (χ1n) is 7.04. The first-order chi connectivity index (χ1) is 8.44. The molecule has 102 valence electrons. The third kappa shape index (κ3) is 5.54. The molecule has 18 heavy (non-hydrogen) atoms. The van der Waals surface area contributed by atoms with Gasteiger partial charge in [-0.2, -0.15) is 0 Å². The Bertz CT molecular complexity index is 331. The van der Waals surface area contributed by atoms with Gasteiger partial charge in [0, 0.05) is 17.8 Å². The van der Waals surface area contributed by atoms with Gasteiger partial charge >= 0.3 is 0 Å². The van der Waals surface area contributed by atoms with Crippen LogP contribution in [0.4, 0.5) is 5.69 Å². The largest absolute Gasteiger partial charge is 0.380 e. The maximum atomic E-state index is 3.49. The molecule has 0 unspecified atom stereocenters. The van der Waals surface area contributed by atoms with Crippen LogP contribution in [0, 0.1) is 0 Å². The van der Waals surface area contributed by atoms with Crippen LogP contribution in [0.5, 0.6) is 0 Å². The summed E-state index contributed by atoms with van der Waals surface area (Å²) >= 11 is 0. The highest BCUT2D eigenvalue weighted by molar-refractivity contribution is 5.46. The van der Waals surface area contributed by atoms with Gasteiger partial charge in [0.15, 0.2) is 0 Å². The minimum absolute atomic E-state index is 0.128. The smallest absolute Gasteiger partial charge is 0.0344 e. The monoisotopic (exact) mass is 248 g/mol. The molecule has 0 spiro atoms. The van der Waals surface area contributed by atoms with E-state index in [-0.39, 0.29) is 5.54 Å². The van der Waals surface area contributed by atoms with Crippen LogP contribution >= 0.6 is 0 Å². The van der Waals surface area contributed by atoms with Gasteiger partial charge in [0.25, 0.3) is 0 Å². The van der Waals surface area contributed by atoms with E-state index in [4.69, 9.17) is 0 Å². The van der Waals surface area contributed by atoms with Gasteiger partial charge in [0.2, 0.25) is 0 Å². The average Bonchev–Trinajstić information content (AvgIpc) is 2.30. The predicted molar refractivity (Wildman–Crippen MR) is 81.3 cm³/mol.